The summed E-state index contributed by atoms with van der Waals surface area (Å²) >= 11 is 0. The molecule has 1 N–H and O–H groups in total. The number of hydrogen-bond donors (Lipinski definition) is 1. The van der Waals surface area contributed by atoms with Gasteiger partial charge in [0.1, 0.15) is 11.7 Å². The van der Waals surface area contributed by atoms with Crippen molar-refractivity contribution < 1.29 is 9.47 Å². The number of rotatable bonds is 5. The van der Waals surface area contributed by atoms with E-state index in [1.165, 1.54) is 24.8 Å². The van der Waals surface area contributed by atoms with Crippen molar-refractivity contribution in [2.75, 3.05) is 6.54 Å². The summed E-state index contributed by atoms with van der Waals surface area (Å²) in [6.45, 7) is 7.55. The molecule has 3 rings (SSSR count). The van der Waals surface area contributed by atoms with E-state index in [9.17, 15) is 0 Å². The Hall–Kier alpha value is -1.22. The molecular weight excluding hydrogens is 262 g/mol. The minimum absolute atomic E-state index is 0.114. The van der Waals surface area contributed by atoms with Crippen molar-refractivity contribution in [2.45, 2.75) is 70.6 Å². The van der Waals surface area contributed by atoms with E-state index in [0.717, 1.165) is 30.9 Å². The van der Waals surface area contributed by atoms with Gasteiger partial charge in [-0.25, -0.2) is 0 Å². The molecule has 116 valence electrons. The highest BCUT2D eigenvalue weighted by Crippen LogP contribution is 2.42. The first-order valence-corrected chi connectivity index (χ1v) is 8.30. The van der Waals surface area contributed by atoms with Gasteiger partial charge < -0.3 is 14.8 Å². The Kier molecular flexibility index (Phi) is 4.12. The van der Waals surface area contributed by atoms with Crippen LogP contribution in [0, 0.1) is 0 Å². The molecular formula is C18H27NO2. The summed E-state index contributed by atoms with van der Waals surface area (Å²) in [5.41, 5.74) is 1.16. The van der Waals surface area contributed by atoms with E-state index in [1.54, 1.807) is 0 Å². The summed E-state index contributed by atoms with van der Waals surface area (Å²) in [6.07, 6.45) is 5.99. The van der Waals surface area contributed by atoms with Gasteiger partial charge in [-0.15, -0.1) is 0 Å². The standard InChI is InChI=1S/C18H27NO2/c1-4-11-19-14-8-6-9-15(14)20-16-10-5-7-13-12-18(2,3)21-17(13)16/h5,7,10,14-15,19H,4,6,8-9,11-12H2,1-3H3. The van der Waals surface area contributed by atoms with E-state index in [1.807, 2.05) is 0 Å². The lowest BCUT2D eigenvalue weighted by Crippen LogP contribution is -2.39. The molecule has 1 aromatic carbocycles. The van der Waals surface area contributed by atoms with Gasteiger partial charge in [-0.05, 0) is 52.1 Å². The molecule has 1 saturated carbocycles. The second kappa shape index (κ2) is 5.88. The summed E-state index contributed by atoms with van der Waals surface area (Å²) in [4.78, 5) is 0. The van der Waals surface area contributed by atoms with E-state index in [2.05, 4.69) is 44.3 Å². The maximum Gasteiger partial charge on any atom is 0.165 e. The average molecular weight is 289 g/mol. The molecule has 2 unspecified atom stereocenters. The molecule has 2 aliphatic rings. The van der Waals surface area contributed by atoms with Crippen molar-refractivity contribution in [3.63, 3.8) is 0 Å². The van der Waals surface area contributed by atoms with Crippen molar-refractivity contribution in [1.29, 1.82) is 0 Å². The topological polar surface area (TPSA) is 30.5 Å². The zero-order valence-electron chi connectivity index (χ0n) is 13.4. The van der Waals surface area contributed by atoms with Gasteiger partial charge in [0, 0.05) is 18.0 Å². The Morgan fingerprint density at radius 2 is 2.19 bits per heavy atom. The molecule has 3 nitrogen and oxygen atoms in total. The van der Waals surface area contributed by atoms with Gasteiger partial charge in [-0.2, -0.15) is 0 Å². The second-order valence-electron chi connectivity index (χ2n) is 6.93. The SMILES string of the molecule is CCCNC1CCCC1Oc1cccc2c1OC(C)(C)C2. The molecule has 1 heterocycles. The molecule has 0 spiro atoms. The fraction of sp³-hybridized carbons (Fsp3) is 0.667. The van der Waals surface area contributed by atoms with Gasteiger partial charge in [0.05, 0.1) is 0 Å². The van der Waals surface area contributed by atoms with Crippen LogP contribution in [0.15, 0.2) is 18.2 Å². The fourth-order valence-corrected chi connectivity index (χ4v) is 3.47. The van der Waals surface area contributed by atoms with E-state index in [-0.39, 0.29) is 11.7 Å². The Morgan fingerprint density at radius 1 is 1.33 bits per heavy atom. The first-order valence-electron chi connectivity index (χ1n) is 8.30. The molecule has 0 aromatic heterocycles. The number of ether oxygens (including phenoxy) is 2. The van der Waals surface area contributed by atoms with Crippen LogP contribution in [0.5, 0.6) is 11.5 Å². The average Bonchev–Trinajstić information content (AvgIpc) is 2.99. The first-order chi connectivity index (χ1) is 10.1. The lowest BCUT2D eigenvalue weighted by Gasteiger charge is -2.24. The van der Waals surface area contributed by atoms with Crippen LogP contribution in [-0.4, -0.2) is 24.3 Å². The van der Waals surface area contributed by atoms with Gasteiger partial charge in [0.15, 0.2) is 11.5 Å². The molecule has 3 heteroatoms. The Balaban J connectivity index is 1.73. The van der Waals surface area contributed by atoms with Crippen molar-refractivity contribution in [1.82, 2.24) is 5.32 Å². The number of hydrogen-bond acceptors (Lipinski definition) is 3. The molecule has 1 aliphatic heterocycles. The Morgan fingerprint density at radius 3 is 3.00 bits per heavy atom. The number of benzene rings is 1. The monoisotopic (exact) mass is 289 g/mol. The molecule has 1 aromatic rings. The van der Waals surface area contributed by atoms with Crippen LogP contribution in [-0.2, 0) is 6.42 Å². The summed E-state index contributed by atoms with van der Waals surface area (Å²) in [5.74, 6) is 1.89. The molecule has 0 bridgehead atoms. The number of fused-ring (bicyclic) bond motifs is 1. The predicted octanol–water partition coefficient (Wildman–Crippen LogP) is 3.70. The van der Waals surface area contributed by atoms with Crippen LogP contribution >= 0.6 is 0 Å². The molecule has 2 atom stereocenters. The highest BCUT2D eigenvalue weighted by molar-refractivity contribution is 5.50. The summed E-state index contributed by atoms with van der Waals surface area (Å²) in [7, 11) is 0. The van der Waals surface area contributed by atoms with Crippen LogP contribution in [0.1, 0.15) is 52.0 Å². The third-order valence-corrected chi connectivity index (χ3v) is 4.44. The normalized spacial score (nSPS) is 26.4. The van der Waals surface area contributed by atoms with Crippen LogP contribution in [0.3, 0.4) is 0 Å². The van der Waals surface area contributed by atoms with Gasteiger partial charge in [0.2, 0.25) is 0 Å². The maximum atomic E-state index is 6.33. The van der Waals surface area contributed by atoms with E-state index >= 15 is 0 Å². The van der Waals surface area contributed by atoms with Crippen LogP contribution < -0.4 is 14.8 Å². The van der Waals surface area contributed by atoms with Crippen molar-refractivity contribution >= 4 is 0 Å². The third-order valence-electron chi connectivity index (χ3n) is 4.44. The summed E-state index contributed by atoms with van der Waals surface area (Å²) < 4.78 is 12.4. The predicted molar refractivity (Wildman–Crippen MR) is 85.2 cm³/mol. The highest BCUT2D eigenvalue weighted by Gasteiger charge is 2.34. The smallest absolute Gasteiger partial charge is 0.165 e. The van der Waals surface area contributed by atoms with Gasteiger partial charge in [-0.3, -0.25) is 0 Å². The molecule has 0 saturated heterocycles. The first kappa shape index (κ1) is 14.7. The van der Waals surface area contributed by atoms with Crippen LogP contribution in [0.25, 0.3) is 0 Å². The largest absolute Gasteiger partial charge is 0.485 e. The van der Waals surface area contributed by atoms with Crippen molar-refractivity contribution in [2.24, 2.45) is 0 Å². The molecule has 1 aliphatic carbocycles. The zero-order valence-corrected chi connectivity index (χ0v) is 13.4. The number of nitrogens with one attached hydrogen (secondary N) is 1. The Labute approximate surface area is 128 Å². The lowest BCUT2D eigenvalue weighted by atomic mass is 10.0. The molecule has 0 amide bonds. The fourth-order valence-electron chi connectivity index (χ4n) is 3.47. The Bertz CT molecular complexity index is 498. The van der Waals surface area contributed by atoms with E-state index in [4.69, 9.17) is 9.47 Å². The third kappa shape index (κ3) is 3.18. The zero-order chi connectivity index (χ0) is 14.9. The van der Waals surface area contributed by atoms with Gasteiger partial charge >= 0.3 is 0 Å². The van der Waals surface area contributed by atoms with E-state index in [0.29, 0.717) is 6.04 Å². The quantitative estimate of drug-likeness (QED) is 0.896. The van der Waals surface area contributed by atoms with Crippen LogP contribution in [0.2, 0.25) is 0 Å². The van der Waals surface area contributed by atoms with Crippen molar-refractivity contribution in [3.05, 3.63) is 23.8 Å². The van der Waals surface area contributed by atoms with Crippen molar-refractivity contribution in [3.8, 4) is 11.5 Å². The lowest BCUT2D eigenvalue weighted by molar-refractivity contribution is 0.121. The molecule has 21 heavy (non-hydrogen) atoms. The minimum atomic E-state index is -0.114. The maximum absolute atomic E-state index is 6.33. The highest BCUT2D eigenvalue weighted by atomic mass is 16.5. The van der Waals surface area contributed by atoms with E-state index < -0.39 is 0 Å². The van der Waals surface area contributed by atoms with Gasteiger partial charge in [0.25, 0.3) is 0 Å². The molecule has 0 radical (unpaired) electrons. The van der Waals surface area contributed by atoms with Crippen LogP contribution in [0.4, 0.5) is 0 Å². The van der Waals surface area contributed by atoms with Gasteiger partial charge in [-0.1, -0.05) is 19.1 Å². The summed E-state index contributed by atoms with van der Waals surface area (Å²) in [6, 6.07) is 6.77. The number of para-hydroxylation sites is 1. The molecule has 1 fully saturated rings. The summed E-state index contributed by atoms with van der Waals surface area (Å²) in [5, 5.41) is 3.62. The second-order valence-corrected chi connectivity index (χ2v) is 6.93. The minimum Gasteiger partial charge on any atom is -0.485 e.